The largest absolute Gasteiger partial charge is 0.0824 e. The zero-order valence-corrected chi connectivity index (χ0v) is 9.56. The highest BCUT2D eigenvalue weighted by atomic mass is 79.9. The van der Waals surface area contributed by atoms with Crippen LogP contribution in [-0.2, 0) is 0 Å². The predicted octanol–water partition coefficient (Wildman–Crippen LogP) is 4.61. The summed E-state index contributed by atoms with van der Waals surface area (Å²) < 4.78 is 1.01. The highest BCUT2D eigenvalue weighted by Gasteiger charge is 2.20. The average molecular weight is 266 g/mol. The Balaban J connectivity index is 2.59. The van der Waals surface area contributed by atoms with Crippen molar-refractivity contribution in [3.8, 4) is 0 Å². The molecule has 0 heterocycles. The SMILES string of the molecule is ClC1=C(Br)c2cccc3cccc1c23. The van der Waals surface area contributed by atoms with Crippen LogP contribution in [0.3, 0.4) is 0 Å². The summed E-state index contributed by atoms with van der Waals surface area (Å²) >= 11 is 9.76. The van der Waals surface area contributed by atoms with Crippen molar-refractivity contribution in [2.75, 3.05) is 0 Å². The Morgan fingerprint density at radius 3 is 2.29 bits per heavy atom. The normalized spacial score (nSPS) is 14.1. The van der Waals surface area contributed by atoms with Gasteiger partial charge in [0.15, 0.2) is 0 Å². The van der Waals surface area contributed by atoms with Crippen molar-refractivity contribution in [2.24, 2.45) is 0 Å². The van der Waals surface area contributed by atoms with Gasteiger partial charge < -0.3 is 0 Å². The van der Waals surface area contributed by atoms with Crippen LogP contribution >= 0.6 is 27.5 Å². The van der Waals surface area contributed by atoms with E-state index < -0.39 is 0 Å². The van der Waals surface area contributed by atoms with E-state index in [0.717, 1.165) is 15.1 Å². The van der Waals surface area contributed by atoms with Gasteiger partial charge >= 0.3 is 0 Å². The second kappa shape index (κ2) is 2.85. The first-order valence-corrected chi connectivity index (χ1v) is 5.54. The van der Waals surface area contributed by atoms with Crippen LogP contribution in [0.25, 0.3) is 20.3 Å². The summed E-state index contributed by atoms with van der Waals surface area (Å²) in [6, 6.07) is 12.5. The lowest BCUT2D eigenvalue weighted by Gasteiger charge is -2.00. The molecule has 0 nitrogen and oxygen atoms in total. The number of hydrogen-bond donors (Lipinski definition) is 0. The lowest BCUT2D eigenvalue weighted by Crippen LogP contribution is -1.77. The summed E-state index contributed by atoms with van der Waals surface area (Å²) in [5.74, 6) is 0. The van der Waals surface area contributed by atoms with Crippen LogP contribution in [0.5, 0.6) is 0 Å². The van der Waals surface area contributed by atoms with Crippen LogP contribution in [0.2, 0.25) is 0 Å². The summed E-state index contributed by atoms with van der Waals surface area (Å²) in [5.41, 5.74) is 2.33. The maximum absolute atomic E-state index is 6.23. The molecule has 0 atom stereocenters. The van der Waals surface area contributed by atoms with Gasteiger partial charge in [-0.25, -0.2) is 0 Å². The Morgan fingerprint density at radius 1 is 0.929 bits per heavy atom. The third-order valence-electron chi connectivity index (χ3n) is 2.57. The van der Waals surface area contributed by atoms with Crippen molar-refractivity contribution < 1.29 is 0 Å². The molecule has 0 fully saturated rings. The van der Waals surface area contributed by atoms with Crippen LogP contribution in [0.15, 0.2) is 36.4 Å². The van der Waals surface area contributed by atoms with E-state index in [2.05, 4.69) is 46.3 Å². The number of benzene rings is 2. The van der Waals surface area contributed by atoms with Crippen molar-refractivity contribution in [2.45, 2.75) is 0 Å². The highest BCUT2D eigenvalue weighted by molar-refractivity contribution is 9.15. The number of hydrogen-bond acceptors (Lipinski definition) is 0. The summed E-state index contributed by atoms with van der Waals surface area (Å²) in [6.07, 6.45) is 0. The van der Waals surface area contributed by atoms with Crippen molar-refractivity contribution in [3.05, 3.63) is 47.5 Å². The number of halogens is 2. The Kier molecular flexibility index (Phi) is 1.73. The fraction of sp³-hybridized carbons (Fsp3) is 0. The van der Waals surface area contributed by atoms with Gasteiger partial charge in [-0.3, -0.25) is 0 Å². The molecule has 2 aromatic rings. The molecule has 2 aromatic carbocycles. The molecule has 3 rings (SSSR count). The van der Waals surface area contributed by atoms with Gasteiger partial charge in [0.1, 0.15) is 0 Å². The predicted molar refractivity (Wildman–Crippen MR) is 65.5 cm³/mol. The van der Waals surface area contributed by atoms with Gasteiger partial charge in [0, 0.05) is 10.0 Å². The minimum Gasteiger partial charge on any atom is -0.0824 e. The van der Waals surface area contributed by atoms with E-state index in [0.29, 0.717) is 0 Å². The van der Waals surface area contributed by atoms with Gasteiger partial charge in [-0.05, 0) is 32.3 Å². The van der Waals surface area contributed by atoms with Gasteiger partial charge in [0.2, 0.25) is 0 Å². The molecule has 0 amide bonds. The first-order valence-electron chi connectivity index (χ1n) is 4.37. The van der Waals surface area contributed by atoms with Crippen LogP contribution in [-0.4, -0.2) is 0 Å². The lowest BCUT2D eigenvalue weighted by atomic mass is 10.0. The molecular formula is C12H6BrCl. The first-order chi connectivity index (χ1) is 6.79. The minimum absolute atomic E-state index is 0.816. The second-order valence-corrected chi connectivity index (χ2v) is 4.51. The Morgan fingerprint density at radius 2 is 1.57 bits per heavy atom. The molecule has 1 aliphatic carbocycles. The van der Waals surface area contributed by atoms with Crippen LogP contribution < -0.4 is 0 Å². The summed E-state index contributed by atoms with van der Waals surface area (Å²) in [5, 5.41) is 3.32. The van der Waals surface area contributed by atoms with Gasteiger partial charge in [-0.2, -0.15) is 0 Å². The maximum atomic E-state index is 6.23. The van der Waals surface area contributed by atoms with E-state index in [4.69, 9.17) is 11.6 Å². The molecule has 68 valence electrons. The molecule has 0 spiro atoms. The van der Waals surface area contributed by atoms with Crippen molar-refractivity contribution >= 4 is 47.8 Å². The fourth-order valence-corrected chi connectivity index (χ4v) is 2.75. The second-order valence-electron chi connectivity index (χ2n) is 3.34. The zero-order chi connectivity index (χ0) is 9.71. The molecule has 0 N–H and O–H groups in total. The fourth-order valence-electron chi connectivity index (χ4n) is 1.94. The van der Waals surface area contributed by atoms with E-state index in [1.165, 1.54) is 16.3 Å². The average Bonchev–Trinajstić information content (AvgIpc) is 2.47. The Hall–Kier alpha value is -0.790. The van der Waals surface area contributed by atoms with Gasteiger partial charge in [-0.15, -0.1) is 0 Å². The molecule has 0 radical (unpaired) electrons. The molecule has 0 bridgehead atoms. The molecule has 0 saturated carbocycles. The molecule has 0 aliphatic heterocycles. The Bertz CT molecular complexity index is 523. The van der Waals surface area contributed by atoms with Crippen LogP contribution in [0, 0.1) is 0 Å². The molecule has 2 heteroatoms. The topological polar surface area (TPSA) is 0 Å². The zero-order valence-electron chi connectivity index (χ0n) is 7.22. The standard InChI is InChI=1S/C12H6BrCl/c13-11-8-5-1-3-7-4-2-6-9(10(7)8)12(11)14/h1-6H. The van der Waals surface area contributed by atoms with Crippen molar-refractivity contribution in [3.63, 3.8) is 0 Å². The number of rotatable bonds is 0. The summed E-state index contributed by atoms with van der Waals surface area (Å²) in [7, 11) is 0. The van der Waals surface area contributed by atoms with E-state index >= 15 is 0 Å². The third-order valence-corrected chi connectivity index (χ3v) is 4.01. The highest BCUT2D eigenvalue weighted by Crippen LogP contribution is 2.46. The van der Waals surface area contributed by atoms with E-state index in [9.17, 15) is 0 Å². The summed E-state index contributed by atoms with van der Waals surface area (Å²) in [4.78, 5) is 0. The molecule has 0 unspecified atom stereocenters. The van der Waals surface area contributed by atoms with E-state index in [-0.39, 0.29) is 0 Å². The van der Waals surface area contributed by atoms with Gasteiger partial charge in [0.05, 0.1) is 5.03 Å². The molecule has 0 saturated heterocycles. The smallest absolute Gasteiger partial charge is 0.0633 e. The quantitative estimate of drug-likeness (QED) is 0.652. The maximum Gasteiger partial charge on any atom is 0.0633 e. The minimum atomic E-state index is 0.816. The lowest BCUT2D eigenvalue weighted by molar-refractivity contribution is 1.71. The van der Waals surface area contributed by atoms with Gasteiger partial charge in [0.25, 0.3) is 0 Å². The monoisotopic (exact) mass is 264 g/mol. The van der Waals surface area contributed by atoms with Crippen molar-refractivity contribution in [1.82, 2.24) is 0 Å². The Labute approximate surface area is 95.3 Å². The summed E-state index contributed by atoms with van der Waals surface area (Å²) in [6.45, 7) is 0. The van der Waals surface area contributed by atoms with Crippen LogP contribution in [0.1, 0.15) is 11.1 Å². The molecular weight excluding hydrogens is 259 g/mol. The molecule has 1 aliphatic rings. The van der Waals surface area contributed by atoms with Crippen molar-refractivity contribution in [1.29, 1.82) is 0 Å². The van der Waals surface area contributed by atoms with E-state index in [1.807, 2.05) is 6.07 Å². The van der Waals surface area contributed by atoms with Gasteiger partial charge in [-0.1, -0.05) is 48.0 Å². The molecule has 0 aromatic heterocycles. The first kappa shape index (κ1) is 8.51. The third kappa shape index (κ3) is 0.943. The van der Waals surface area contributed by atoms with Crippen LogP contribution in [0.4, 0.5) is 0 Å². The van der Waals surface area contributed by atoms with E-state index in [1.54, 1.807) is 0 Å². The molecule has 14 heavy (non-hydrogen) atoms.